The first kappa shape index (κ1) is 16.3. The van der Waals surface area contributed by atoms with E-state index in [1.807, 2.05) is 12.1 Å². The number of fused-ring (bicyclic) bond motifs is 2. The molecule has 3 nitrogen and oxygen atoms in total. The predicted molar refractivity (Wildman–Crippen MR) is 96.0 cm³/mol. The second kappa shape index (κ2) is 6.97. The van der Waals surface area contributed by atoms with Crippen molar-refractivity contribution in [2.45, 2.75) is 63.6 Å². The molecule has 3 aliphatic rings. The molecule has 4 heteroatoms. The van der Waals surface area contributed by atoms with Gasteiger partial charge in [0.1, 0.15) is 18.1 Å². The molecule has 1 fully saturated rings. The second-order valence-electron chi connectivity index (χ2n) is 7.11. The molecule has 0 atom stereocenters. The average Bonchev–Trinajstić information content (AvgIpc) is 2.63. The highest BCUT2D eigenvalue weighted by Crippen LogP contribution is 2.44. The molecule has 1 saturated carbocycles. The van der Waals surface area contributed by atoms with E-state index in [0.29, 0.717) is 11.1 Å². The van der Waals surface area contributed by atoms with Crippen LogP contribution in [-0.4, -0.2) is 25.9 Å². The van der Waals surface area contributed by atoms with Crippen LogP contribution in [0.1, 0.15) is 56.9 Å². The average molecular weight is 349 g/mol. The molecule has 0 amide bonds. The van der Waals surface area contributed by atoms with Crippen molar-refractivity contribution in [1.29, 1.82) is 0 Å². The first-order valence-electron chi connectivity index (χ1n) is 9.11. The zero-order chi connectivity index (χ0) is 16.5. The van der Waals surface area contributed by atoms with Crippen LogP contribution in [0.25, 0.3) is 5.57 Å². The van der Waals surface area contributed by atoms with E-state index >= 15 is 0 Å². The summed E-state index contributed by atoms with van der Waals surface area (Å²) < 4.78 is 17.6. The van der Waals surface area contributed by atoms with E-state index in [0.717, 1.165) is 56.6 Å². The van der Waals surface area contributed by atoms with E-state index in [2.05, 4.69) is 0 Å². The molecule has 0 N–H and O–H groups in total. The summed E-state index contributed by atoms with van der Waals surface area (Å²) in [5.41, 5.74) is 4.09. The van der Waals surface area contributed by atoms with E-state index in [-0.39, 0.29) is 6.10 Å². The van der Waals surface area contributed by atoms with Gasteiger partial charge in [0.05, 0.1) is 17.2 Å². The van der Waals surface area contributed by atoms with Crippen molar-refractivity contribution < 1.29 is 14.2 Å². The largest absolute Gasteiger partial charge is 0.489 e. The Labute approximate surface area is 148 Å². The summed E-state index contributed by atoms with van der Waals surface area (Å²) in [6.45, 7) is 0.725. The Morgan fingerprint density at radius 1 is 1.04 bits per heavy atom. The zero-order valence-electron chi connectivity index (χ0n) is 14.3. The summed E-state index contributed by atoms with van der Waals surface area (Å²) in [6.07, 6.45) is 9.57. The Bertz CT molecular complexity index is 645. The van der Waals surface area contributed by atoms with Gasteiger partial charge in [0, 0.05) is 18.7 Å². The normalized spacial score (nSPS) is 26.4. The minimum atomic E-state index is 0.222. The smallest absolute Gasteiger partial charge is 0.142 e. The van der Waals surface area contributed by atoms with Gasteiger partial charge in [0.2, 0.25) is 0 Å². The SMILES string of the molecule is COC1CCC(Oc2cc3c(cc2Cl)C2=C(CCCC2)CO3)CC1. The maximum Gasteiger partial charge on any atom is 0.142 e. The Morgan fingerprint density at radius 2 is 1.79 bits per heavy atom. The highest BCUT2D eigenvalue weighted by molar-refractivity contribution is 6.32. The van der Waals surface area contributed by atoms with Gasteiger partial charge in [-0.05, 0) is 68.6 Å². The fourth-order valence-corrected chi connectivity index (χ4v) is 4.37. The van der Waals surface area contributed by atoms with Gasteiger partial charge >= 0.3 is 0 Å². The monoisotopic (exact) mass is 348 g/mol. The van der Waals surface area contributed by atoms with Crippen LogP contribution >= 0.6 is 11.6 Å². The predicted octanol–water partition coefficient (Wildman–Crippen LogP) is 5.40. The van der Waals surface area contributed by atoms with E-state index in [1.54, 1.807) is 7.11 Å². The maximum absolute atomic E-state index is 6.54. The Kier molecular flexibility index (Phi) is 4.73. The molecule has 2 aliphatic carbocycles. The highest BCUT2D eigenvalue weighted by atomic mass is 35.5. The van der Waals surface area contributed by atoms with Crippen molar-refractivity contribution in [3.8, 4) is 11.5 Å². The Hall–Kier alpha value is -1.19. The van der Waals surface area contributed by atoms with Gasteiger partial charge in [-0.1, -0.05) is 11.6 Å². The van der Waals surface area contributed by atoms with Crippen molar-refractivity contribution in [1.82, 2.24) is 0 Å². The number of benzene rings is 1. The number of methoxy groups -OCH3 is 1. The van der Waals surface area contributed by atoms with Crippen molar-refractivity contribution in [3.05, 3.63) is 28.3 Å². The van der Waals surface area contributed by atoms with E-state index in [4.69, 9.17) is 25.8 Å². The quantitative estimate of drug-likeness (QED) is 0.732. The van der Waals surface area contributed by atoms with Crippen LogP contribution in [-0.2, 0) is 4.74 Å². The van der Waals surface area contributed by atoms with Gasteiger partial charge < -0.3 is 14.2 Å². The molecule has 1 heterocycles. The molecular formula is C20H25ClO3. The fraction of sp³-hybridized carbons (Fsp3) is 0.600. The molecule has 0 radical (unpaired) electrons. The molecule has 0 unspecified atom stereocenters. The molecule has 4 rings (SSSR count). The summed E-state index contributed by atoms with van der Waals surface area (Å²) in [6, 6.07) is 4.05. The van der Waals surface area contributed by atoms with Crippen LogP contribution in [0.5, 0.6) is 11.5 Å². The van der Waals surface area contributed by atoms with Crippen molar-refractivity contribution >= 4 is 17.2 Å². The van der Waals surface area contributed by atoms with Crippen LogP contribution in [0, 0.1) is 0 Å². The third-order valence-corrected chi connectivity index (χ3v) is 5.89. The number of ether oxygens (including phenoxy) is 3. The van der Waals surface area contributed by atoms with Crippen molar-refractivity contribution in [2.24, 2.45) is 0 Å². The third kappa shape index (κ3) is 3.16. The fourth-order valence-electron chi connectivity index (χ4n) is 4.16. The van der Waals surface area contributed by atoms with E-state index in [9.17, 15) is 0 Å². The molecule has 0 aromatic heterocycles. The lowest BCUT2D eigenvalue weighted by atomic mass is 9.86. The van der Waals surface area contributed by atoms with Gasteiger partial charge in [-0.25, -0.2) is 0 Å². The molecular weight excluding hydrogens is 324 g/mol. The van der Waals surface area contributed by atoms with Gasteiger partial charge in [-0.2, -0.15) is 0 Å². The third-order valence-electron chi connectivity index (χ3n) is 5.59. The summed E-state index contributed by atoms with van der Waals surface area (Å²) in [5.74, 6) is 1.69. The maximum atomic E-state index is 6.54. The Morgan fingerprint density at radius 3 is 2.58 bits per heavy atom. The first-order chi connectivity index (χ1) is 11.7. The number of rotatable bonds is 3. The number of hydrogen-bond acceptors (Lipinski definition) is 3. The summed E-state index contributed by atoms with van der Waals surface area (Å²) >= 11 is 6.54. The van der Waals surface area contributed by atoms with Gasteiger partial charge in [0.15, 0.2) is 0 Å². The van der Waals surface area contributed by atoms with E-state index in [1.165, 1.54) is 29.6 Å². The lowest BCUT2D eigenvalue weighted by Crippen LogP contribution is -2.27. The van der Waals surface area contributed by atoms with Crippen LogP contribution in [0.15, 0.2) is 17.7 Å². The Balaban J connectivity index is 1.53. The van der Waals surface area contributed by atoms with Crippen LogP contribution in [0.2, 0.25) is 5.02 Å². The lowest BCUT2D eigenvalue weighted by Gasteiger charge is -2.30. The zero-order valence-corrected chi connectivity index (χ0v) is 15.0. The van der Waals surface area contributed by atoms with Gasteiger partial charge in [0.25, 0.3) is 0 Å². The van der Waals surface area contributed by atoms with E-state index < -0.39 is 0 Å². The molecule has 130 valence electrons. The standard InChI is InChI=1S/C20H25ClO3/c1-22-14-6-8-15(9-7-14)24-20-11-19-17(10-18(20)21)16-5-3-2-4-13(16)12-23-19/h10-11,14-15H,2-9,12H2,1H3. The summed E-state index contributed by atoms with van der Waals surface area (Å²) in [7, 11) is 1.79. The first-order valence-corrected chi connectivity index (χ1v) is 9.49. The van der Waals surface area contributed by atoms with Gasteiger partial charge in [-0.15, -0.1) is 0 Å². The molecule has 0 spiro atoms. The molecule has 1 aromatic carbocycles. The topological polar surface area (TPSA) is 27.7 Å². The summed E-state index contributed by atoms with van der Waals surface area (Å²) in [5, 5.41) is 0.700. The number of halogens is 1. The molecule has 0 saturated heterocycles. The van der Waals surface area contributed by atoms with Crippen molar-refractivity contribution in [3.63, 3.8) is 0 Å². The number of hydrogen-bond donors (Lipinski definition) is 0. The van der Waals surface area contributed by atoms with Crippen LogP contribution in [0.3, 0.4) is 0 Å². The second-order valence-corrected chi connectivity index (χ2v) is 7.52. The van der Waals surface area contributed by atoms with Crippen LogP contribution < -0.4 is 9.47 Å². The van der Waals surface area contributed by atoms with Crippen molar-refractivity contribution in [2.75, 3.05) is 13.7 Å². The molecule has 0 bridgehead atoms. The minimum absolute atomic E-state index is 0.222. The van der Waals surface area contributed by atoms with Gasteiger partial charge in [-0.3, -0.25) is 0 Å². The number of allylic oxidation sites excluding steroid dienone is 1. The summed E-state index contributed by atoms with van der Waals surface area (Å²) in [4.78, 5) is 0. The molecule has 1 aromatic rings. The molecule has 1 aliphatic heterocycles. The highest BCUT2D eigenvalue weighted by Gasteiger charge is 2.26. The molecule has 24 heavy (non-hydrogen) atoms. The lowest BCUT2D eigenvalue weighted by molar-refractivity contribution is 0.0327. The minimum Gasteiger partial charge on any atom is -0.489 e. The van der Waals surface area contributed by atoms with Crippen LogP contribution in [0.4, 0.5) is 0 Å².